The van der Waals surface area contributed by atoms with E-state index in [9.17, 15) is 4.79 Å². The number of rotatable bonds is 6. The van der Waals surface area contributed by atoms with Crippen molar-refractivity contribution >= 4 is 5.97 Å². The van der Waals surface area contributed by atoms with Gasteiger partial charge in [-0.1, -0.05) is 47.6 Å². The molecule has 6 heteroatoms. The number of esters is 1. The first kappa shape index (κ1) is 15.6. The predicted octanol–water partition coefficient (Wildman–Crippen LogP) is 4.00. The first-order valence-electron chi connectivity index (χ1n) is 6.62. The average molecular weight is 297 g/mol. The van der Waals surface area contributed by atoms with E-state index in [1.165, 1.54) is 7.11 Å². The zero-order valence-electron chi connectivity index (χ0n) is 12.0. The lowest BCUT2D eigenvalue weighted by Gasteiger charge is -2.13. The molecule has 2 rings (SSSR count). The fourth-order valence-electron chi connectivity index (χ4n) is 1.89. The normalized spacial score (nSPS) is 11.3. The van der Waals surface area contributed by atoms with E-state index in [2.05, 4.69) is 14.8 Å². The molecule has 1 atom stereocenters. The molecule has 22 heavy (non-hydrogen) atoms. The van der Waals surface area contributed by atoms with Crippen LogP contribution in [0.2, 0.25) is 0 Å². The minimum absolute atomic E-state index is 0.323. The van der Waals surface area contributed by atoms with Crippen LogP contribution in [0.4, 0.5) is 0 Å². The van der Waals surface area contributed by atoms with Crippen molar-refractivity contribution in [3.8, 4) is 0 Å². The molecule has 0 aliphatic rings. The summed E-state index contributed by atoms with van der Waals surface area (Å²) in [7, 11) is 1.32. The van der Waals surface area contributed by atoms with Crippen LogP contribution in [0.15, 0.2) is 59.7 Å². The summed E-state index contributed by atoms with van der Waals surface area (Å²) >= 11 is 0. The maximum atomic E-state index is 11.4. The summed E-state index contributed by atoms with van der Waals surface area (Å²) in [5.41, 5.74) is 10.8. The Hall–Kier alpha value is -2.82. The third-order valence-corrected chi connectivity index (χ3v) is 3.02. The maximum absolute atomic E-state index is 11.4. The summed E-state index contributed by atoms with van der Waals surface area (Å²) in [5, 5.41) is 3.65. The van der Waals surface area contributed by atoms with Gasteiger partial charge in [-0.25, -0.2) is 4.79 Å². The van der Waals surface area contributed by atoms with Crippen LogP contribution in [0.3, 0.4) is 0 Å². The van der Waals surface area contributed by atoms with E-state index >= 15 is 0 Å². The standard InChI is InChI=1S/C16H15N3O3/c1-21-16(20)14-9-7-13(8-10-14)15(18-19-17)22-11-12-5-3-2-4-6-12/h2-10,15H,11H2,1H3. The Morgan fingerprint density at radius 1 is 1.18 bits per heavy atom. The number of carbonyl (C=O) groups is 1. The molecule has 112 valence electrons. The first-order chi connectivity index (χ1) is 10.7. The van der Waals surface area contributed by atoms with Gasteiger partial charge in [-0.2, -0.15) is 0 Å². The lowest BCUT2D eigenvalue weighted by molar-refractivity contribution is 0.0443. The fourth-order valence-corrected chi connectivity index (χ4v) is 1.89. The highest BCUT2D eigenvalue weighted by molar-refractivity contribution is 5.89. The Labute approximate surface area is 127 Å². The molecule has 0 bridgehead atoms. The Morgan fingerprint density at radius 2 is 1.86 bits per heavy atom. The van der Waals surface area contributed by atoms with Crippen LogP contribution in [0.5, 0.6) is 0 Å². The summed E-state index contributed by atoms with van der Waals surface area (Å²) in [6.07, 6.45) is -0.753. The van der Waals surface area contributed by atoms with Gasteiger partial charge in [0, 0.05) is 4.91 Å². The number of hydrogen-bond acceptors (Lipinski definition) is 4. The number of methoxy groups -OCH3 is 1. The molecule has 0 N–H and O–H groups in total. The van der Waals surface area contributed by atoms with Crippen molar-refractivity contribution in [1.82, 2.24) is 0 Å². The summed E-state index contributed by atoms with van der Waals surface area (Å²) in [6.45, 7) is 0.323. The monoisotopic (exact) mass is 297 g/mol. The van der Waals surface area contributed by atoms with E-state index in [0.29, 0.717) is 17.7 Å². The molecule has 6 nitrogen and oxygen atoms in total. The first-order valence-corrected chi connectivity index (χ1v) is 6.62. The van der Waals surface area contributed by atoms with Crippen LogP contribution >= 0.6 is 0 Å². The Morgan fingerprint density at radius 3 is 2.45 bits per heavy atom. The van der Waals surface area contributed by atoms with Crippen molar-refractivity contribution in [1.29, 1.82) is 0 Å². The number of benzene rings is 2. The molecule has 0 radical (unpaired) electrons. The van der Waals surface area contributed by atoms with E-state index in [0.717, 1.165) is 5.56 Å². The predicted molar refractivity (Wildman–Crippen MR) is 80.9 cm³/mol. The van der Waals surface area contributed by atoms with Gasteiger partial charge in [0.05, 0.1) is 19.3 Å². The Balaban J connectivity index is 2.10. The van der Waals surface area contributed by atoms with Crippen LogP contribution in [0, 0.1) is 0 Å². The number of nitrogens with zero attached hydrogens (tertiary/aromatic N) is 3. The van der Waals surface area contributed by atoms with Gasteiger partial charge in [0.2, 0.25) is 0 Å². The highest BCUT2D eigenvalue weighted by Gasteiger charge is 2.12. The van der Waals surface area contributed by atoms with Crippen LogP contribution in [-0.2, 0) is 16.1 Å². The van der Waals surface area contributed by atoms with Gasteiger partial charge in [0.25, 0.3) is 0 Å². The highest BCUT2D eigenvalue weighted by atomic mass is 16.5. The minimum Gasteiger partial charge on any atom is -0.465 e. The molecule has 0 aliphatic carbocycles. The molecule has 0 heterocycles. The molecule has 1 unspecified atom stereocenters. The third-order valence-electron chi connectivity index (χ3n) is 3.02. The van der Waals surface area contributed by atoms with Crippen LogP contribution < -0.4 is 0 Å². The Bertz CT molecular complexity index is 665. The van der Waals surface area contributed by atoms with Crippen LogP contribution in [0.25, 0.3) is 10.4 Å². The molecule has 0 fully saturated rings. The summed E-state index contributed by atoms with van der Waals surface area (Å²) < 4.78 is 10.3. The summed E-state index contributed by atoms with van der Waals surface area (Å²) in [4.78, 5) is 14.2. The van der Waals surface area contributed by atoms with Crippen molar-refractivity contribution < 1.29 is 14.3 Å². The molecule has 2 aromatic rings. The average Bonchev–Trinajstić information content (AvgIpc) is 2.59. The second-order valence-electron chi connectivity index (χ2n) is 4.47. The van der Waals surface area contributed by atoms with E-state index in [1.807, 2.05) is 30.3 Å². The fraction of sp³-hybridized carbons (Fsp3) is 0.188. The third kappa shape index (κ3) is 4.09. The van der Waals surface area contributed by atoms with E-state index in [-0.39, 0.29) is 0 Å². The second-order valence-corrected chi connectivity index (χ2v) is 4.47. The largest absolute Gasteiger partial charge is 0.465 e. The van der Waals surface area contributed by atoms with Gasteiger partial charge >= 0.3 is 5.97 Å². The zero-order valence-corrected chi connectivity index (χ0v) is 12.0. The van der Waals surface area contributed by atoms with Gasteiger partial charge in [0.15, 0.2) is 6.23 Å². The second kappa shape index (κ2) is 7.83. The highest BCUT2D eigenvalue weighted by Crippen LogP contribution is 2.21. The lowest BCUT2D eigenvalue weighted by Crippen LogP contribution is -2.04. The summed E-state index contributed by atoms with van der Waals surface area (Å²) in [5.74, 6) is -0.419. The number of ether oxygens (including phenoxy) is 2. The molecule has 2 aromatic carbocycles. The van der Waals surface area contributed by atoms with Crippen molar-refractivity contribution in [2.24, 2.45) is 5.11 Å². The smallest absolute Gasteiger partial charge is 0.337 e. The molecule has 0 aromatic heterocycles. The van der Waals surface area contributed by atoms with Gasteiger partial charge in [-0.05, 0) is 28.8 Å². The number of hydrogen-bond donors (Lipinski definition) is 0. The van der Waals surface area contributed by atoms with Crippen molar-refractivity contribution in [3.05, 3.63) is 81.7 Å². The van der Waals surface area contributed by atoms with Gasteiger partial charge in [0.1, 0.15) is 0 Å². The van der Waals surface area contributed by atoms with Gasteiger partial charge < -0.3 is 9.47 Å². The SMILES string of the molecule is COC(=O)c1ccc(C(N=[N+]=[N-])OCc2ccccc2)cc1. The molecule has 0 aliphatic heterocycles. The minimum atomic E-state index is -0.753. The van der Waals surface area contributed by atoms with Crippen LogP contribution in [-0.4, -0.2) is 13.1 Å². The molecule has 0 saturated carbocycles. The molecule has 0 saturated heterocycles. The molecule has 0 spiro atoms. The van der Waals surface area contributed by atoms with Crippen molar-refractivity contribution in [2.45, 2.75) is 12.8 Å². The topological polar surface area (TPSA) is 84.3 Å². The number of azide groups is 1. The van der Waals surface area contributed by atoms with Crippen molar-refractivity contribution in [3.63, 3.8) is 0 Å². The Kier molecular flexibility index (Phi) is 5.54. The van der Waals surface area contributed by atoms with Crippen molar-refractivity contribution in [2.75, 3.05) is 7.11 Å². The molecular formula is C16H15N3O3. The number of carbonyl (C=O) groups excluding carboxylic acids is 1. The van der Waals surface area contributed by atoms with Crippen LogP contribution in [0.1, 0.15) is 27.7 Å². The van der Waals surface area contributed by atoms with Gasteiger partial charge in [-0.15, -0.1) is 0 Å². The molecular weight excluding hydrogens is 282 g/mol. The lowest BCUT2D eigenvalue weighted by atomic mass is 10.1. The quantitative estimate of drug-likeness (QED) is 0.349. The van der Waals surface area contributed by atoms with E-state index in [4.69, 9.17) is 10.3 Å². The zero-order chi connectivity index (χ0) is 15.8. The summed E-state index contributed by atoms with van der Waals surface area (Å²) in [6, 6.07) is 16.1. The molecule has 0 amide bonds. The van der Waals surface area contributed by atoms with Gasteiger partial charge in [-0.3, -0.25) is 0 Å². The maximum Gasteiger partial charge on any atom is 0.337 e. The van der Waals surface area contributed by atoms with E-state index < -0.39 is 12.2 Å². The van der Waals surface area contributed by atoms with E-state index in [1.54, 1.807) is 24.3 Å².